The summed E-state index contributed by atoms with van der Waals surface area (Å²) >= 11 is 0. The Labute approximate surface area is 222 Å². The van der Waals surface area contributed by atoms with E-state index in [0.717, 1.165) is 5.56 Å². The zero-order valence-electron chi connectivity index (χ0n) is 22.2. The maximum absolute atomic E-state index is 13.2. The van der Waals surface area contributed by atoms with Gasteiger partial charge in [-0.2, -0.15) is 0 Å². The second-order valence-electron chi connectivity index (χ2n) is 9.16. The highest BCUT2D eigenvalue weighted by molar-refractivity contribution is 6.38. The summed E-state index contributed by atoms with van der Waals surface area (Å²) in [6, 6.07) is 14.6. The van der Waals surface area contributed by atoms with Gasteiger partial charge in [0.05, 0.1) is 12.6 Å². The van der Waals surface area contributed by atoms with Crippen LogP contribution in [0.1, 0.15) is 36.7 Å². The number of carbonyl (C=O) groups excluding carboxylic acids is 5. The first-order valence-electron chi connectivity index (χ1n) is 12.5. The predicted octanol–water partition coefficient (Wildman–Crippen LogP) is 1.00. The molecule has 0 bridgehead atoms. The van der Waals surface area contributed by atoms with Gasteiger partial charge in [-0.3, -0.25) is 24.0 Å². The van der Waals surface area contributed by atoms with Crippen LogP contribution in [-0.4, -0.2) is 67.8 Å². The van der Waals surface area contributed by atoms with Gasteiger partial charge in [0.1, 0.15) is 12.1 Å². The van der Waals surface area contributed by atoms with Crippen LogP contribution in [0, 0.1) is 5.92 Å². The third kappa shape index (κ3) is 9.44. The molecule has 0 unspecified atom stereocenters. The summed E-state index contributed by atoms with van der Waals surface area (Å²) in [5.41, 5.74) is 1.22. The average Bonchev–Trinajstić information content (AvgIpc) is 2.91. The first-order valence-corrected chi connectivity index (χ1v) is 12.5. The molecule has 0 saturated heterocycles. The minimum absolute atomic E-state index is 0.157. The summed E-state index contributed by atoms with van der Waals surface area (Å²) in [5.74, 6) is -3.62. The highest BCUT2D eigenvalue weighted by Crippen LogP contribution is 2.07. The molecule has 204 valence electrons. The molecule has 38 heavy (non-hydrogen) atoms. The highest BCUT2D eigenvalue weighted by Gasteiger charge is 2.32. The molecule has 10 heteroatoms. The van der Waals surface area contributed by atoms with Crippen LogP contribution < -0.4 is 21.3 Å². The smallest absolute Gasteiger partial charge is 0.289 e. The van der Waals surface area contributed by atoms with Gasteiger partial charge in [-0.15, -0.1) is 0 Å². The fraction of sp³-hybridized carbons (Fsp3) is 0.393. The van der Waals surface area contributed by atoms with Gasteiger partial charge in [-0.25, -0.2) is 0 Å². The Hall–Kier alpha value is -4.05. The van der Waals surface area contributed by atoms with Crippen molar-refractivity contribution < 1.29 is 28.7 Å². The second kappa shape index (κ2) is 15.3. The van der Waals surface area contributed by atoms with Crippen molar-refractivity contribution in [3.05, 3.63) is 71.8 Å². The van der Waals surface area contributed by atoms with E-state index in [4.69, 9.17) is 4.74 Å². The number of rotatable bonds is 14. The summed E-state index contributed by atoms with van der Waals surface area (Å²) in [6.45, 7) is 5.26. The number of carbonyl (C=O) groups is 5. The Bertz CT molecular complexity index is 1090. The van der Waals surface area contributed by atoms with Crippen LogP contribution in [0.15, 0.2) is 60.7 Å². The fourth-order valence-corrected chi connectivity index (χ4v) is 3.58. The molecule has 10 nitrogen and oxygen atoms in total. The first-order chi connectivity index (χ1) is 18.1. The van der Waals surface area contributed by atoms with Crippen molar-refractivity contribution >= 4 is 29.4 Å². The fourth-order valence-electron chi connectivity index (χ4n) is 3.58. The van der Waals surface area contributed by atoms with Crippen LogP contribution in [0.5, 0.6) is 0 Å². The summed E-state index contributed by atoms with van der Waals surface area (Å²) in [4.78, 5) is 63.7. The minimum Gasteiger partial charge on any atom is -0.383 e. The van der Waals surface area contributed by atoms with E-state index >= 15 is 0 Å². The normalized spacial score (nSPS) is 13.1. The van der Waals surface area contributed by atoms with E-state index in [0.29, 0.717) is 5.56 Å². The van der Waals surface area contributed by atoms with Gasteiger partial charge in [0, 0.05) is 25.6 Å². The standard InChI is InChI=1S/C28H36N4O6/c1-18(2)23(24(33)28(37)29-15-16-38-4)32-25(34)19(3)30-27(36)22(17-20-11-7-5-8-12-20)31-26(35)21-13-9-6-10-14-21/h5-14,18-19,22-23H,15-17H2,1-4H3,(H,29,37)(H,30,36)(H,31,35)(H,32,34)/t19-,22-,23-/m0/s1. The number of nitrogens with one attached hydrogen (secondary N) is 4. The maximum atomic E-state index is 13.2. The molecule has 0 aliphatic carbocycles. The molecular formula is C28H36N4O6. The Morgan fingerprint density at radius 1 is 0.789 bits per heavy atom. The molecule has 4 amide bonds. The van der Waals surface area contributed by atoms with Crippen molar-refractivity contribution in [3.63, 3.8) is 0 Å². The predicted molar refractivity (Wildman–Crippen MR) is 142 cm³/mol. The lowest BCUT2D eigenvalue weighted by Gasteiger charge is -2.25. The Morgan fingerprint density at radius 3 is 1.97 bits per heavy atom. The number of ketones is 1. The van der Waals surface area contributed by atoms with E-state index in [1.807, 2.05) is 30.3 Å². The van der Waals surface area contributed by atoms with Crippen LogP contribution in [-0.2, 0) is 30.3 Å². The molecule has 0 aliphatic rings. The maximum Gasteiger partial charge on any atom is 0.289 e. The first kappa shape index (κ1) is 30.2. The van der Waals surface area contributed by atoms with Crippen molar-refractivity contribution in [3.8, 4) is 0 Å². The van der Waals surface area contributed by atoms with Gasteiger partial charge < -0.3 is 26.0 Å². The van der Waals surface area contributed by atoms with Crippen molar-refractivity contribution in [2.75, 3.05) is 20.3 Å². The Kier molecular flexibility index (Phi) is 12.1. The van der Waals surface area contributed by atoms with Crippen LogP contribution in [0.4, 0.5) is 0 Å². The van der Waals surface area contributed by atoms with E-state index in [2.05, 4.69) is 21.3 Å². The van der Waals surface area contributed by atoms with Crippen molar-refractivity contribution in [2.24, 2.45) is 5.92 Å². The molecule has 0 aromatic heterocycles. The highest BCUT2D eigenvalue weighted by atomic mass is 16.5. The summed E-state index contributed by atoms with van der Waals surface area (Å²) in [6.07, 6.45) is 0.203. The quantitative estimate of drug-likeness (QED) is 0.215. The van der Waals surface area contributed by atoms with Gasteiger partial charge in [-0.05, 0) is 30.5 Å². The lowest BCUT2D eigenvalue weighted by molar-refractivity contribution is -0.141. The van der Waals surface area contributed by atoms with E-state index in [1.165, 1.54) is 14.0 Å². The lowest BCUT2D eigenvalue weighted by Crippen LogP contribution is -2.57. The Balaban J connectivity index is 2.09. The topological polar surface area (TPSA) is 143 Å². The number of hydrogen-bond acceptors (Lipinski definition) is 6. The zero-order chi connectivity index (χ0) is 28.1. The van der Waals surface area contributed by atoms with Crippen molar-refractivity contribution in [2.45, 2.75) is 45.3 Å². The monoisotopic (exact) mass is 524 g/mol. The number of hydrogen-bond donors (Lipinski definition) is 4. The molecule has 0 aliphatic heterocycles. The number of methoxy groups -OCH3 is 1. The molecule has 2 rings (SSSR count). The summed E-state index contributed by atoms with van der Waals surface area (Å²) in [5, 5.41) is 10.4. The molecule has 0 heterocycles. The van der Waals surface area contributed by atoms with E-state index in [1.54, 1.807) is 44.2 Å². The molecule has 0 radical (unpaired) electrons. The minimum atomic E-state index is -1.08. The van der Waals surface area contributed by atoms with Crippen LogP contribution in [0.2, 0.25) is 0 Å². The molecule has 0 saturated carbocycles. The average molecular weight is 525 g/mol. The molecule has 2 aromatic carbocycles. The molecule has 0 fully saturated rings. The number of Topliss-reactive ketones (excluding diaryl/α,β-unsaturated/α-hetero) is 1. The van der Waals surface area contributed by atoms with Crippen molar-refractivity contribution in [1.29, 1.82) is 0 Å². The van der Waals surface area contributed by atoms with Crippen LogP contribution >= 0.6 is 0 Å². The van der Waals surface area contributed by atoms with Crippen molar-refractivity contribution in [1.82, 2.24) is 21.3 Å². The Morgan fingerprint density at radius 2 is 1.39 bits per heavy atom. The molecule has 0 spiro atoms. The van der Waals surface area contributed by atoms with Gasteiger partial charge in [0.25, 0.3) is 11.8 Å². The van der Waals surface area contributed by atoms with Crippen LogP contribution in [0.25, 0.3) is 0 Å². The van der Waals surface area contributed by atoms with E-state index < -0.39 is 47.5 Å². The largest absolute Gasteiger partial charge is 0.383 e. The van der Waals surface area contributed by atoms with E-state index in [9.17, 15) is 24.0 Å². The number of benzene rings is 2. The summed E-state index contributed by atoms with van der Waals surface area (Å²) < 4.78 is 4.86. The van der Waals surface area contributed by atoms with Gasteiger partial charge in [-0.1, -0.05) is 62.4 Å². The lowest BCUT2D eigenvalue weighted by atomic mass is 9.98. The van der Waals surface area contributed by atoms with Crippen LogP contribution in [0.3, 0.4) is 0 Å². The third-order valence-electron chi connectivity index (χ3n) is 5.75. The molecule has 3 atom stereocenters. The zero-order valence-corrected chi connectivity index (χ0v) is 22.2. The van der Waals surface area contributed by atoms with Gasteiger partial charge in [0.15, 0.2) is 0 Å². The van der Waals surface area contributed by atoms with Gasteiger partial charge >= 0.3 is 0 Å². The summed E-state index contributed by atoms with van der Waals surface area (Å²) in [7, 11) is 1.47. The number of amides is 4. The number of ether oxygens (including phenoxy) is 1. The SMILES string of the molecule is COCCNC(=O)C(=O)[C@@H](NC(=O)[C@H](C)NC(=O)[C@H](Cc1ccccc1)NC(=O)c1ccccc1)C(C)C. The molecule has 2 aromatic rings. The van der Waals surface area contributed by atoms with Gasteiger partial charge in [0.2, 0.25) is 17.6 Å². The van der Waals surface area contributed by atoms with E-state index in [-0.39, 0.29) is 25.5 Å². The third-order valence-corrected chi connectivity index (χ3v) is 5.75. The molecule has 4 N–H and O–H groups in total. The molecular weight excluding hydrogens is 488 g/mol. The second-order valence-corrected chi connectivity index (χ2v) is 9.16.